The standard InChI is InChI=1S/C22H42O3Si/c1-12-13-19-20(24-22(8,9)23-19)17(3)15-14-16(2)18(4)25-26(10,11)21(5,6)7/h12,14-20H,1,13H2,2-11H3/b15-14-/t16-,17-,18+,19+,20-/m1/s1. The third kappa shape index (κ3) is 6.33. The molecule has 0 saturated carbocycles. The summed E-state index contributed by atoms with van der Waals surface area (Å²) in [6.45, 7) is 25.9. The predicted molar refractivity (Wildman–Crippen MR) is 114 cm³/mol. The van der Waals surface area contributed by atoms with Crippen molar-refractivity contribution in [3.8, 4) is 0 Å². The van der Waals surface area contributed by atoms with Gasteiger partial charge in [-0.15, -0.1) is 6.58 Å². The minimum atomic E-state index is -1.74. The molecule has 4 heteroatoms. The Morgan fingerprint density at radius 2 is 1.69 bits per heavy atom. The minimum Gasteiger partial charge on any atom is -0.414 e. The molecule has 0 bridgehead atoms. The first kappa shape index (κ1) is 23.6. The fraction of sp³-hybridized carbons (Fsp3) is 0.818. The number of hydrogen-bond donors (Lipinski definition) is 0. The highest BCUT2D eigenvalue weighted by Crippen LogP contribution is 2.38. The van der Waals surface area contributed by atoms with Gasteiger partial charge in [0.15, 0.2) is 14.1 Å². The maximum atomic E-state index is 6.53. The highest BCUT2D eigenvalue weighted by atomic mass is 28.4. The van der Waals surface area contributed by atoms with Crippen molar-refractivity contribution in [1.29, 1.82) is 0 Å². The largest absolute Gasteiger partial charge is 0.414 e. The van der Waals surface area contributed by atoms with E-state index in [1.165, 1.54) is 0 Å². The van der Waals surface area contributed by atoms with Crippen LogP contribution in [0.2, 0.25) is 18.1 Å². The van der Waals surface area contributed by atoms with Gasteiger partial charge in [-0.05, 0) is 51.2 Å². The summed E-state index contributed by atoms with van der Waals surface area (Å²) < 4.78 is 18.7. The van der Waals surface area contributed by atoms with Crippen LogP contribution in [0.4, 0.5) is 0 Å². The summed E-state index contributed by atoms with van der Waals surface area (Å²) in [5.74, 6) is 0.120. The van der Waals surface area contributed by atoms with E-state index in [9.17, 15) is 0 Å². The summed E-state index contributed by atoms with van der Waals surface area (Å²) in [6, 6.07) is 0. The Hall–Kier alpha value is -0.423. The van der Waals surface area contributed by atoms with Crippen molar-refractivity contribution < 1.29 is 13.9 Å². The zero-order valence-electron chi connectivity index (χ0n) is 18.8. The van der Waals surface area contributed by atoms with Crippen molar-refractivity contribution in [2.24, 2.45) is 11.8 Å². The predicted octanol–water partition coefficient (Wildman–Crippen LogP) is 6.32. The number of ether oxygens (including phenoxy) is 2. The van der Waals surface area contributed by atoms with Crippen LogP contribution in [0.25, 0.3) is 0 Å². The molecule has 152 valence electrons. The summed E-state index contributed by atoms with van der Waals surface area (Å²) in [5.41, 5.74) is 0. The third-order valence-electron chi connectivity index (χ3n) is 5.88. The Labute approximate surface area is 163 Å². The van der Waals surface area contributed by atoms with Gasteiger partial charge < -0.3 is 13.9 Å². The lowest BCUT2D eigenvalue weighted by Crippen LogP contribution is -2.44. The van der Waals surface area contributed by atoms with E-state index in [0.717, 1.165) is 6.42 Å². The van der Waals surface area contributed by atoms with Gasteiger partial charge in [0.1, 0.15) is 0 Å². The highest BCUT2D eigenvalue weighted by Gasteiger charge is 2.42. The molecule has 0 radical (unpaired) electrons. The van der Waals surface area contributed by atoms with E-state index in [1.54, 1.807) is 0 Å². The average Bonchev–Trinajstić information content (AvgIpc) is 2.78. The maximum absolute atomic E-state index is 6.53. The number of rotatable bonds is 8. The summed E-state index contributed by atoms with van der Waals surface area (Å²) in [6.07, 6.45) is 7.61. The van der Waals surface area contributed by atoms with E-state index in [4.69, 9.17) is 13.9 Å². The molecule has 1 fully saturated rings. The van der Waals surface area contributed by atoms with Crippen LogP contribution in [-0.2, 0) is 13.9 Å². The molecule has 0 aliphatic carbocycles. The lowest BCUT2D eigenvalue weighted by atomic mass is 9.95. The molecule has 1 aliphatic rings. The Bertz CT molecular complexity index is 490. The molecule has 0 N–H and O–H groups in total. The van der Waals surface area contributed by atoms with Gasteiger partial charge in [-0.2, -0.15) is 0 Å². The zero-order chi connectivity index (χ0) is 20.3. The molecule has 0 spiro atoms. The van der Waals surface area contributed by atoms with Crippen LogP contribution >= 0.6 is 0 Å². The first-order valence-electron chi connectivity index (χ1n) is 10.0. The van der Waals surface area contributed by atoms with E-state index in [-0.39, 0.29) is 29.3 Å². The van der Waals surface area contributed by atoms with Crippen molar-refractivity contribution in [2.75, 3.05) is 0 Å². The molecule has 0 aromatic heterocycles. The van der Waals surface area contributed by atoms with Crippen LogP contribution in [0.5, 0.6) is 0 Å². The second-order valence-corrected chi connectivity index (χ2v) is 14.6. The van der Waals surface area contributed by atoms with E-state index >= 15 is 0 Å². The molecule has 1 rings (SSSR count). The molecule has 1 aliphatic heterocycles. The van der Waals surface area contributed by atoms with Crippen LogP contribution < -0.4 is 0 Å². The van der Waals surface area contributed by atoms with Gasteiger partial charge in [0.2, 0.25) is 0 Å². The quantitative estimate of drug-likeness (QED) is 0.363. The van der Waals surface area contributed by atoms with Crippen LogP contribution in [0, 0.1) is 11.8 Å². The molecular weight excluding hydrogens is 340 g/mol. The molecular formula is C22H42O3Si. The molecule has 0 aromatic rings. The minimum absolute atomic E-state index is 0.0584. The fourth-order valence-corrected chi connectivity index (χ4v) is 4.52. The molecule has 0 aromatic carbocycles. The summed E-state index contributed by atoms with van der Waals surface area (Å²) in [5, 5.41) is 0.233. The van der Waals surface area contributed by atoms with Gasteiger partial charge >= 0.3 is 0 Å². The molecule has 0 amide bonds. The van der Waals surface area contributed by atoms with Gasteiger partial charge in [-0.25, -0.2) is 0 Å². The molecule has 1 saturated heterocycles. The molecule has 1 heterocycles. The normalized spacial score (nSPS) is 27.5. The second-order valence-electron chi connectivity index (χ2n) is 9.85. The molecule has 3 nitrogen and oxygen atoms in total. The van der Waals surface area contributed by atoms with Crippen molar-refractivity contribution in [3.05, 3.63) is 24.8 Å². The first-order valence-corrected chi connectivity index (χ1v) is 12.9. The topological polar surface area (TPSA) is 27.7 Å². The van der Waals surface area contributed by atoms with Crippen LogP contribution in [-0.4, -0.2) is 32.4 Å². The van der Waals surface area contributed by atoms with Crippen LogP contribution in [0.1, 0.15) is 61.8 Å². The molecule has 26 heavy (non-hydrogen) atoms. The fourth-order valence-electron chi connectivity index (χ4n) is 3.02. The van der Waals surface area contributed by atoms with Crippen molar-refractivity contribution in [2.45, 2.75) is 104 Å². The van der Waals surface area contributed by atoms with Crippen molar-refractivity contribution in [3.63, 3.8) is 0 Å². The lowest BCUT2D eigenvalue weighted by molar-refractivity contribution is -0.148. The summed E-state index contributed by atoms with van der Waals surface area (Å²) in [7, 11) is -1.74. The van der Waals surface area contributed by atoms with Crippen molar-refractivity contribution >= 4 is 8.32 Å². The SMILES string of the molecule is C=CC[C@@H]1OC(C)(C)O[C@@H]1[C@H](C)/C=C\[C@@H](C)[C@H](C)O[Si](C)(C)C(C)(C)C. The maximum Gasteiger partial charge on any atom is 0.192 e. The average molecular weight is 383 g/mol. The lowest BCUT2D eigenvalue weighted by Gasteiger charge is -2.39. The molecule has 0 unspecified atom stereocenters. The van der Waals surface area contributed by atoms with Gasteiger partial charge in [-0.3, -0.25) is 0 Å². The smallest absolute Gasteiger partial charge is 0.192 e. The Morgan fingerprint density at radius 1 is 1.12 bits per heavy atom. The Kier molecular flexibility index (Phi) is 7.92. The first-order chi connectivity index (χ1) is 11.7. The second kappa shape index (κ2) is 8.72. The summed E-state index contributed by atoms with van der Waals surface area (Å²) >= 11 is 0. The Balaban J connectivity index is 2.71. The van der Waals surface area contributed by atoms with E-state index in [1.807, 2.05) is 19.9 Å². The van der Waals surface area contributed by atoms with Crippen LogP contribution in [0.3, 0.4) is 0 Å². The zero-order valence-corrected chi connectivity index (χ0v) is 19.8. The monoisotopic (exact) mass is 382 g/mol. The van der Waals surface area contributed by atoms with Gasteiger partial charge in [-0.1, -0.05) is 52.8 Å². The van der Waals surface area contributed by atoms with E-state index in [0.29, 0.717) is 5.92 Å². The number of hydrogen-bond acceptors (Lipinski definition) is 3. The third-order valence-corrected chi connectivity index (χ3v) is 10.5. The van der Waals surface area contributed by atoms with E-state index < -0.39 is 14.1 Å². The van der Waals surface area contributed by atoms with Crippen LogP contribution in [0.15, 0.2) is 24.8 Å². The van der Waals surface area contributed by atoms with Gasteiger partial charge in [0, 0.05) is 12.0 Å². The van der Waals surface area contributed by atoms with Gasteiger partial charge in [0.05, 0.1) is 12.2 Å². The Morgan fingerprint density at radius 3 is 2.19 bits per heavy atom. The molecule has 5 atom stereocenters. The highest BCUT2D eigenvalue weighted by molar-refractivity contribution is 6.74. The summed E-state index contributed by atoms with van der Waals surface area (Å²) in [4.78, 5) is 0. The van der Waals surface area contributed by atoms with Crippen molar-refractivity contribution in [1.82, 2.24) is 0 Å². The van der Waals surface area contributed by atoms with Gasteiger partial charge in [0.25, 0.3) is 0 Å². The van der Waals surface area contributed by atoms with E-state index in [2.05, 4.69) is 73.4 Å².